The summed E-state index contributed by atoms with van der Waals surface area (Å²) in [4.78, 5) is 28.9. The maximum Gasteiger partial charge on any atom is 0.267 e. The van der Waals surface area contributed by atoms with Crippen molar-refractivity contribution in [3.8, 4) is 5.69 Å². The Hall–Kier alpha value is -3.91. The van der Waals surface area contributed by atoms with Crippen LogP contribution in [0.25, 0.3) is 22.4 Å². The Kier molecular flexibility index (Phi) is 5.60. The Morgan fingerprint density at radius 2 is 1.67 bits per heavy atom. The third kappa shape index (κ3) is 3.69. The summed E-state index contributed by atoms with van der Waals surface area (Å²) in [7, 11) is 0. The number of benzene rings is 3. The molecule has 1 amide bonds. The van der Waals surface area contributed by atoms with Gasteiger partial charge in [0.25, 0.3) is 5.56 Å². The molecule has 0 saturated heterocycles. The van der Waals surface area contributed by atoms with Crippen molar-refractivity contribution >= 4 is 34.3 Å². The zero-order valence-corrected chi connectivity index (χ0v) is 20.9. The van der Waals surface area contributed by atoms with Crippen LogP contribution in [-0.4, -0.2) is 41.8 Å². The molecule has 0 N–H and O–H groups in total. The van der Waals surface area contributed by atoms with E-state index in [1.807, 2.05) is 83.8 Å². The van der Waals surface area contributed by atoms with Gasteiger partial charge < -0.3 is 4.90 Å². The normalized spacial score (nSPS) is 14.2. The van der Waals surface area contributed by atoms with Gasteiger partial charge in [-0.05, 0) is 55.2 Å². The minimum atomic E-state index is -0.361. The van der Waals surface area contributed by atoms with E-state index in [9.17, 15) is 9.59 Å². The lowest BCUT2D eigenvalue weighted by Gasteiger charge is -2.30. The van der Waals surface area contributed by atoms with Gasteiger partial charge in [-0.1, -0.05) is 66.4 Å². The van der Waals surface area contributed by atoms with Gasteiger partial charge in [0, 0.05) is 13.1 Å². The minimum Gasteiger partial charge on any atom is -0.337 e. The Morgan fingerprint density at radius 3 is 2.50 bits per heavy atom. The van der Waals surface area contributed by atoms with Crippen molar-refractivity contribution in [1.29, 1.82) is 0 Å². The summed E-state index contributed by atoms with van der Waals surface area (Å²) in [5.74, 6) is 0.504. The van der Waals surface area contributed by atoms with Gasteiger partial charge in [-0.2, -0.15) is 0 Å². The van der Waals surface area contributed by atoms with Crippen LogP contribution in [-0.2, 0) is 17.8 Å². The Labute approximate surface area is 212 Å². The molecule has 1 aliphatic rings. The molecule has 0 spiro atoms. The van der Waals surface area contributed by atoms with Gasteiger partial charge in [0.05, 0.1) is 21.8 Å². The van der Waals surface area contributed by atoms with E-state index in [-0.39, 0.29) is 16.7 Å². The highest BCUT2D eigenvalue weighted by Gasteiger charge is 2.27. The van der Waals surface area contributed by atoms with Crippen LogP contribution in [0.5, 0.6) is 0 Å². The summed E-state index contributed by atoms with van der Waals surface area (Å²) in [6, 6.07) is 23.5. The molecule has 1 unspecified atom stereocenters. The summed E-state index contributed by atoms with van der Waals surface area (Å²) in [6.45, 7) is 5.21. The maximum absolute atomic E-state index is 13.6. The molecule has 6 rings (SSSR count). The van der Waals surface area contributed by atoms with Crippen LogP contribution in [0, 0.1) is 6.92 Å². The number of carbonyl (C=O) groups excluding carboxylic acids is 1. The van der Waals surface area contributed by atoms with Gasteiger partial charge in [-0.25, -0.2) is 4.57 Å². The molecule has 8 heteroatoms. The first-order chi connectivity index (χ1) is 17.5. The fraction of sp³-hybridized carbons (Fsp3) is 0.214. The van der Waals surface area contributed by atoms with Crippen molar-refractivity contribution in [1.82, 2.24) is 24.1 Å². The van der Waals surface area contributed by atoms with Crippen LogP contribution in [0.15, 0.2) is 82.7 Å². The van der Waals surface area contributed by atoms with Crippen molar-refractivity contribution in [2.24, 2.45) is 0 Å². The number of fused-ring (bicyclic) bond motifs is 4. The molecule has 0 saturated carbocycles. The second-order valence-corrected chi connectivity index (χ2v) is 10.4. The molecular weight excluding hydrogens is 470 g/mol. The smallest absolute Gasteiger partial charge is 0.267 e. The van der Waals surface area contributed by atoms with Gasteiger partial charge in [-0.3, -0.25) is 14.0 Å². The highest BCUT2D eigenvalue weighted by molar-refractivity contribution is 8.00. The van der Waals surface area contributed by atoms with Crippen molar-refractivity contribution in [3.63, 3.8) is 0 Å². The molecule has 1 atom stereocenters. The Balaban J connectivity index is 1.41. The molecule has 0 aliphatic carbocycles. The number of aryl methyl sites for hydroxylation is 1. The third-order valence-electron chi connectivity index (χ3n) is 6.82. The van der Waals surface area contributed by atoms with E-state index in [0.29, 0.717) is 29.4 Å². The second-order valence-electron chi connectivity index (χ2n) is 9.10. The fourth-order valence-electron chi connectivity index (χ4n) is 4.94. The van der Waals surface area contributed by atoms with Crippen molar-refractivity contribution in [2.45, 2.75) is 37.2 Å². The van der Waals surface area contributed by atoms with Crippen LogP contribution >= 0.6 is 11.8 Å². The molecule has 3 heterocycles. The number of hydrogen-bond donors (Lipinski definition) is 0. The molecule has 0 fully saturated rings. The molecule has 0 bridgehead atoms. The van der Waals surface area contributed by atoms with Gasteiger partial charge in [-0.15, -0.1) is 10.2 Å². The van der Waals surface area contributed by atoms with Gasteiger partial charge in [0.2, 0.25) is 11.7 Å². The average Bonchev–Trinajstić information content (AvgIpc) is 3.32. The van der Waals surface area contributed by atoms with Crippen LogP contribution in [0.2, 0.25) is 0 Å². The quantitative estimate of drug-likeness (QED) is 0.346. The second kappa shape index (κ2) is 8.95. The molecule has 5 aromatic rings. The van der Waals surface area contributed by atoms with Crippen LogP contribution in [0.1, 0.15) is 23.6 Å². The van der Waals surface area contributed by atoms with E-state index in [0.717, 1.165) is 23.2 Å². The molecular formula is C28H25N5O2S. The first-order valence-electron chi connectivity index (χ1n) is 12.0. The number of thioether (sulfide) groups is 1. The number of hydrogen-bond acceptors (Lipinski definition) is 5. The summed E-state index contributed by atoms with van der Waals surface area (Å²) < 4.78 is 3.51. The zero-order chi connectivity index (χ0) is 24.8. The van der Waals surface area contributed by atoms with E-state index >= 15 is 0 Å². The Morgan fingerprint density at radius 1 is 0.944 bits per heavy atom. The number of aromatic nitrogens is 4. The van der Waals surface area contributed by atoms with Gasteiger partial charge in [0.15, 0.2) is 5.16 Å². The summed E-state index contributed by atoms with van der Waals surface area (Å²) >= 11 is 1.37. The van der Waals surface area contributed by atoms with E-state index in [4.69, 9.17) is 0 Å². The van der Waals surface area contributed by atoms with Gasteiger partial charge in [0.1, 0.15) is 0 Å². The minimum absolute atomic E-state index is 0.0720. The van der Waals surface area contributed by atoms with E-state index in [2.05, 4.69) is 22.3 Å². The number of nitrogens with zero attached hydrogens (tertiary/aromatic N) is 5. The largest absolute Gasteiger partial charge is 0.337 e. The highest BCUT2D eigenvalue weighted by Crippen LogP contribution is 2.29. The van der Waals surface area contributed by atoms with Crippen LogP contribution in [0.3, 0.4) is 0 Å². The molecule has 36 heavy (non-hydrogen) atoms. The Bertz CT molecular complexity index is 1690. The number of amides is 1. The zero-order valence-electron chi connectivity index (χ0n) is 20.1. The number of carbonyl (C=O) groups is 1. The third-order valence-corrected chi connectivity index (χ3v) is 7.85. The first kappa shape index (κ1) is 22.5. The lowest BCUT2D eigenvalue weighted by molar-refractivity contribution is -0.131. The molecule has 7 nitrogen and oxygen atoms in total. The molecule has 2 aromatic heterocycles. The number of para-hydroxylation sites is 2. The van der Waals surface area contributed by atoms with Crippen molar-refractivity contribution < 1.29 is 4.79 Å². The maximum atomic E-state index is 13.6. The van der Waals surface area contributed by atoms with Crippen LogP contribution in [0.4, 0.5) is 0 Å². The molecule has 0 radical (unpaired) electrons. The predicted molar refractivity (Wildman–Crippen MR) is 142 cm³/mol. The summed E-state index contributed by atoms with van der Waals surface area (Å²) in [5.41, 5.74) is 4.82. The first-order valence-corrected chi connectivity index (χ1v) is 12.9. The predicted octanol–water partition coefficient (Wildman–Crippen LogP) is 4.41. The average molecular weight is 496 g/mol. The summed E-state index contributed by atoms with van der Waals surface area (Å²) in [6.07, 6.45) is 0.862. The van der Waals surface area contributed by atoms with Crippen molar-refractivity contribution in [2.75, 3.05) is 6.54 Å². The monoisotopic (exact) mass is 495 g/mol. The standard InChI is InChI=1S/C28H25N5O2S/c1-18-9-3-7-13-23(18)32-26(35)22-12-6-8-14-24(22)33-27(32)29-30-28(33)36-19(2)25(34)31-16-15-20-10-4-5-11-21(20)17-31/h3-14,19H,15-17H2,1-2H3. The highest BCUT2D eigenvalue weighted by atomic mass is 32.2. The topological polar surface area (TPSA) is 72.5 Å². The lowest BCUT2D eigenvalue weighted by atomic mass is 10.00. The number of rotatable bonds is 4. The summed E-state index contributed by atoms with van der Waals surface area (Å²) in [5, 5.41) is 9.68. The van der Waals surface area contributed by atoms with Gasteiger partial charge >= 0.3 is 0 Å². The molecule has 3 aromatic carbocycles. The van der Waals surface area contributed by atoms with E-state index in [1.54, 1.807) is 4.57 Å². The van der Waals surface area contributed by atoms with Crippen LogP contribution < -0.4 is 5.56 Å². The molecule has 180 valence electrons. The fourth-order valence-corrected chi connectivity index (χ4v) is 5.88. The SMILES string of the molecule is Cc1ccccc1-n1c(=O)c2ccccc2n2c(SC(C)C(=O)N3CCc4ccccc4C3)nnc12. The van der Waals surface area contributed by atoms with E-state index in [1.165, 1.54) is 22.9 Å². The molecule has 1 aliphatic heterocycles. The van der Waals surface area contributed by atoms with E-state index < -0.39 is 0 Å². The van der Waals surface area contributed by atoms with Crippen molar-refractivity contribution in [3.05, 3.63) is 99.8 Å². The lowest BCUT2D eigenvalue weighted by Crippen LogP contribution is -2.40.